The Labute approximate surface area is 593 Å². The summed E-state index contributed by atoms with van der Waals surface area (Å²) in [5, 5.41) is 0. The van der Waals surface area contributed by atoms with Crippen LogP contribution in [0.15, 0.2) is 158 Å². The molecule has 11 nitrogen and oxygen atoms in total. The largest absolute Gasteiger partial charge is 1.00 e. The number of benzene rings is 3. The van der Waals surface area contributed by atoms with Gasteiger partial charge in [-0.15, -0.1) is 0 Å². The molecular weight excluding hydrogens is 1230 g/mol. The molecule has 97 heavy (non-hydrogen) atoms. The summed E-state index contributed by atoms with van der Waals surface area (Å²) in [5.41, 5.74) is 9.12. The fourth-order valence-corrected chi connectivity index (χ4v) is 18.6. The first-order valence-electron chi connectivity index (χ1n) is 34.5. The van der Waals surface area contributed by atoms with Gasteiger partial charge in [-0.05, 0) is 235 Å². The van der Waals surface area contributed by atoms with Crippen molar-refractivity contribution < 1.29 is 82.3 Å². The smallest absolute Gasteiger partial charge is 1.00 e. The maximum Gasteiger partial charge on any atom is 1.00 e. The molecular formula is C81H85BF3N3NaO8. The molecule has 0 N–H and O–H groups in total. The number of halogens is 3. The molecule has 3 aromatic heterocycles. The summed E-state index contributed by atoms with van der Waals surface area (Å²) in [6.07, 6.45) is 32.2. The standard InChI is InChI=1S/C28H30FNO2.C27H28FNO3.C26H26FNO3.B.Na.H/c1-3-18-7-11-24-21(13-18)15-26-27(17(2)32-28(26)31)25(24)12-10-23-9-8-20(16-30-23)19-5-4-6-22(29)14-19;1-16-26-24(23-9-5-17(15-30)11-20(23)13-25(26)27(31)32-16)10-8-22-7-6-19(14-29-22)18-3-2-4-21(28)12-18;1-15-25-23(22-10-8-21(29)12-18(22)13-24(25)26(30)31-15)9-7-20-6-5-17(14-28-20)16-3-2-4-19(27)11-16;;;/h3-6,8-10,12,14,16-17,21,24-27H,7,11,13,15H2,1-2H3;2-4,6-8,10,12,14-17,20,23-26H,5,9,11,13H2,1H3;2-7,9,11,14-15,18,22-25H,8,10,12-13H2,1H3;;;/q;;;;+1;-1/b12-10+,18-3?;10-8+;9-7+;;;/t17-,21+,24-,25+,26-,27+;16-,17-,20+,23-,24+,25-,26+;15-,18+,22-,23+,24-,25+;;;/m111.../s1. The van der Waals surface area contributed by atoms with Crippen molar-refractivity contribution in [2.24, 2.45) is 94.7 Å². The predicted octanol–water partition coefficient (Wildman–Crippen LogP) is 13.6. The summed E-state index contributed by atoms with van der Waals surface area (Å²) in [6, 6.07) is 31.3. The minimum atomic E-state index is -0.267. The summed E-state index contributed by atoms with van der Waals surface area (Å²) in [6.45, 7) is 8.18. The van der Waals surface area contributed by atoms with E-state index in [1.165, 1.54) is 48.4 Å². The van der Waals surface area contributed by atoms with Crippen LogP contribution in [0.25, 0.3) is 51.6 Å². The molecule has 0 bridgehead atoms. The second-order valence-electron chi connectivity index (χ2n) is 28.4. The van der Waals surface area contributed by atoms with Gasteiger partial charge in [0.05, 0.1) is 34.8 Å². The zero-order chi connectivity index (χ0) is 66.0. The molecule has 497 valence electrons. The molecule has 9 fully saturated rings. The molecule has 6 saturated carbocycles. The molecule has 3 radical (unpaired) electrons. The van der Waals surface area contributed by atoms with E-state index in [9.17, 15) is 37.1 Å². The Hall–Kier alpha value is -7.33. The number of cyclic esters (lactones) is 3. The van der Waals surface area contributed by atoms with Gasteiger partial charge in [-0.3, -0.25) is 34.1 Å². The number of fused-ring (bicyclic) bond motifs is 6. The molecule has 15 rings (SSSR count). The minimum absolute atomic E-state index is 0. The van der Waals surface area contributed by atoms with E-state index in [1.807, 2.05) is 80.6 Å². The van der Waals surface area contributed by atoms with E-state index in [-0.39, 0.29) is 152 Å². The second kappa shape index (κ2) is 31.3. The number of carbonyl (C=O) groups is 5. The average Bonchev–Trinajstić information content (AvgIpc) is 1.55. The van der Waals surface area contributed by atoms with Gasteiger partial charge in [0.2, 0.25) is 0 Å². The quantitative estimate of drug-likeness (QED) is 0.0424. The van der Waals surface area contributed by atoms with E-state index < -0.39 is 0 Å². The molecule has 6 aromatic rings. The molecule has 3 aromatic carbocycles. The van der Waals surface area contributed by atoms with Crippen LogP contribution in [0.2, 0.25) is 0 Å². The van der Waals surface area contributed by atoms with Gasteiger partial charge in [0.25, 0.3) is 0 Å². The Bertz CT molecular complexity index is 3950. The number of hydrogen-bond donors (Lipinski definition) is 0. The summed E-state index contributed by atoms with van der Waals surface area (Å²) in [7, 11) is 0. The molecule has 6 aliphatic carbocycles. The van der Waals surface area contributed by atoms with Crippen molar-refractivity contribution in [3.05, 3.63) is 192 Å². The third kappa shape index (κ3) is 15.6. The minimum Gasteiger partial charge on any atom is -1.00 e. The Morgan fingerprint density at radius 2 is 0.845 bits per heavy atom. The Morgan fingerprint density at radius 3 is 1.22 bits per heavy atom. The van der Waals surface area contributed by atoms with E-state index in [4.69, 9.17) is 14.2 Å². The van der Waals surface area contributed by atoms with Gasteiger partial charge >= 0.3 is 47.5 Å². The van der Waals surface area contributed by atoms with Gasteiger partial charge in [-0.1, -0.05) is 84.5 Å². The third-order valence-electron chi connectivity index (χ3n) is 23.1. The molecule has 0 spiro atoms. The van der Waals surface area contributed by atoms with E-state index in [0.29, 0.717) is 54.1 Å². The van der Waals surface area contributed by atoms with Crippen molar-refractivity contribution in [3.8, 4) is 33.4 Å². The van der Waals surface area contributed by atoms with Crippen LogP contribution in [0.4, 0.5) is 13.2 Å². The van der Waals surface area contributed by atoms with Gasteiger partial charge < -0.3 is 20.4 Å². The fourth-order valence-electron chi connectivity index (χ4n) is 18.6. The van der Waals surface area contributed by atoms with E-state index >= 15 is 0 Å². The van der Waals surface area contributed by atoms with Crippen LogP contribution in [-0.4, -0.2) is 71.7 Å². The predicted molar refractivity (Wildman–Crippen MR) is 366 cm³/mol. The Morgan fingerprint density at radius 1 is 0.464 bits per heavy atom. The number of carbonyl (C=O) groups excluding carboxylic acids is 5. The van der Waals surface area contributed by atoms with Crippen LogP contribution in [0, 0.1) is 112 Å². The number of aldehydes is 1. The number of rotatable bonds is 10. The number of nitrogens with zero attached hydrogens (tertiary/aromatic N) is 3. The van der Waals surface area contributed by atoms with Crippen molar-refractivity contribution >= 4 is 56.6 Å². The van der Waals surface area contributed by atoms with Crippen LogP contribution >= 0.6 is 0 Å². The van der Waals surface area contributed by atoms with Crippen LogP contribution in [-0.2, 0) is 38.2 Å². The molecule has 16 heteroatoms. The first-order valence-corrected chi connectivity index (χ1v) is 34.5. The van der Waals surface area contributed by atoms with Crippen LogP contribution in [0.1, 0.15) is 123 Å². The number of allylic oxidation sites excluding steroid dienone is 5. The van der Waals surface area contributed by atoms with Crippen molar-refractivity contribution in [3.63, 3.8) is 0 Å². The molecule has 0 unspecified atom stereocenters. The normalized spacial score (nSPS) is 32.6. The summed E-state index contributed by atoms with van der Waals surface area (Å²) in [4.78, 5) is 74.6. The molecule has 19 atom stereocenters. The Kier molecular flexibility index (Phi) is 22.9. The van der Waals surface area contributed by atoms with Crippen LogP contribution < -0.4 is 29.6 Å². The maximum absolute atomic E-state index is 13.5. The topological polar surface area (TPSA) is 152 Å². The van der Waals surface area contributed by atoms with E-state index in [2.05, 4.69) is 59.2 Å². The molecule has 6 heterocycles. The second-order valence-corrected chi connectivity index (χ2v) is 28.4. The monoisotopic (exact) mass is 1320 g/mol. The summed E-state index contributed by atoms with van der Waals surface area (Å²) in [5.74, 6) is 3.27. The number of esters is 3. The third-order valence-corrected chi connectivity index (χ3v) is 23.1. The Balaban J connectivity index is 0.000000157. The average molecular weight is 1320 g/mol. The van der Waals surface area contributed by atoms with Crippen molar-refractivity contribution in [1.82, 2.24) is 15.0 Å². The number of hydrogen-bond acceptors (Lipinski definition) is 11. The number of ether oxygens (including phenoxy) is 3. The van der Waals surface area contributed by atoms with Gasteiger partial charge in [0, 0.05) is 80.2 Å². The van der Waals surface area contributed by atoms with Gasteiger partial charge in [-0.25, -0.2) is 13.2 Å². The fraction of sp³-hybridized carbons (Fsp3) is 0.432. The first-order chi connectivity index (χ1) is 46.0. The zero-order valence-electron chi connectivity index (χ0n) is 57.0. The first kappa shape index (κ1) is 71.0. The summed E-state index contributed by atoms with van der Waals surface area (Å²) < 4.78 is 57.5. The number of aromatic nitrogens is 3. The van der Waals surface area contributed by atoms with Crippen molar-refractivity contribution in [2.75, 3.05) is 0 Å². The molecule has 0 amide bonds. The molecule has 3 saturated heterocycles. The van der Waals surface area contributed by atoms with Gasteiger partial charge in [0.1, 0.15) is 47.8 Å². The molecule has 9 aliphatic rings. The number of pyridine rings is 3. The van der Waals surface area contributed by atoms with Crippen molar-refractivity contribution in [1.29, 1.82) is 0 Å². The zero-order valence-corrected chi connectivity index (χ0v) is 58.0. The maximum atomic E-state index is 13.5. The molecule has 3 aliphatic heterocycles. The van der Waals surface area contributed by atoms with E-state index in [0.717, 1.165) is 115 Å². The number of Topliss-reactive ketones (excluding diaryl/α,β-unsaturated/α-hetero) is 1. The van der Waals surface area contributed by atoms with Crippen LogP contribution in [0.5, 0.6) is 0 Å². The van der Waals surface area contributed by atoms with E-state index in [1.54, 1.807) is 36.8 Å². The van der Waals surface area contributed by atoms with Gasteiger partial charge in [0.15, 0.2) is 0 Å². The SMILES string of the molecule is CC=C1CC[C@@H]2[C@@H](C1)C[C@H]1C(=O)O[C@H](C)[C@H]1[C@H]2/C=C/c1ccc(-c2cccc(F)c2)cn1.C[C@H]1OC(=O)[C@@H]2C[C@@H]3CC(=O)CC[C@H]3[C@H](/C=C/c3ccc(-c4cccc(F)c4)cn3)[C@H]12.C[C@H]1OC(=O)[C@@H]2C[C@@H]3C[C@H](C=O)CC[C@H]3[C@H](/C=C/c3ccc(-c4cccc(F)c4)cn3)[C@H]12.[B].[H-].[Na+]. The number of ketones is 1. The van der Waals surface area contributed by atoms with Gasteiger partial charge in [-0.2, -0.15) is 0 Å². The van der Waals surface area contributed by atoms with Crippen LogP contribution in [0.3, 0.4) is 0 Å². The van der Waals surface area contributed by atoms with Crippen molar-refractivity contribution in [2.45, 2.75) is 123 Å². The summed E-state index contributed by atoms with van der Waals surface area (Å²) >= 11 is 0.